The fourth-order valence-electron chi connectivity index (χ4n) is 4.31. The predicted octanol–water partition coefficient (Wildman–Crippen LogP) is 7.81. The number of anilines is 2. The maximum Gasteiger partial charge on any atom is 0.417 e. The van der Waals surface area contributed by atoms with Crippen molar-refractivity contribution in [3.05, 3.63) is 107 Å². The number of pyridine rings is 1. The van der Waals surface area contributed by atoms with Crippen LogP contribution in [0.4, 0.5) is 24.5 Å². The van der Waals surface area contributed by atoms with Gasteiger partial charge < -0.3 is 20.5 Å². The minimum atomic E-state index is -4.44. The monoisotopic (exact) mass is 675 g/mol. The highest BCUT2D eigenvalue weighted by atomic mass is 35.5. The number of carbonyl (C=O) groups is 2. The van der Waals surface area contributed by atoms with Gasteiger partial charge >= 0.3 is 12.1 Å². The first-order chi connectivity index (χ1) is 22.8. The molecule has 3 aromatic carbocycles. The summed E-state index contributed by atoms with van der Waals surface area (Å²) in [4.78, 5) is 37.7. The summed E-state index contributed by atoms with van der Waals surface area (Å²) in [5, 5.41) is 3.11. The smallest absolute Gasteiger partial charge is 0.417 e. The van der Waals surface area contributed by atoms with E-state index < -0.39 is 23.6 Å². The number of alkyl halides is 3. The average Bonchev–Trinajstić information content (AvgIpc) is 3.07. The molecule has 1 amide bonds. The molecule has 5 aromatic rings. The predicted molar refractivity (Wildman–Crippen MR) is 178 cm³/mol. The van der Waals surface area contributed by atoms with Crippen molar-refractivity contribution < 1.29 is 32.2 Å². The molecule has 246 valence electrons. The van der Waals surface area contributed by atoms with E-state index in [-0.39, 0.29) is 28.8 Å². The third-order valence-electron chi connectivity index (χ3n) is 6.75. The number of rotatable bonds is 7. The van der Waals surface area contributed by atoms with Crippen molar-refractivity contribution in [1.29, 1.82) is 0 Å². The summed E-state index contributed by atoms with van der Waals surface area (Å²) in [6.45, 7) is 4.38. The summed E-state index contributed by atoms with van der Waals surface area (Å²) in [6.07, 6.45) is 2.25. The number of amides is 1. The van der Waals surface area contributed by atoms with Crippen molar-refractivity contribution in [2.45, 2.75) is 25.9 Å². The summed E-state index contributed by atoms with van der Waals surface area (Å²) in [5.74, 6) is 2.32. The zero-order chi connectivity index (χ0) is 35.0. The Morgan fingerprint density at radius 3 is 2.33 bits per heavy atom. The summed E-state index contributed by atoms with van der Waals surface area (Å²) in [5.41, 5.74) is 8.02. The number of aromatic nitrogens is 3. The number of benzene rings is 3. The highest BCUT2D eigenvalue weighted by Gasteiger charge is 2.33. The molecule has 0 unspecified atom stereocenters. The van der Waals surface area contributed by atoms with E-state index in [9.17, 15) is 22.8 Å². The lowest BCUT2D eigenvalue weighted by Gasteiger charge is -2.12. The molecule has 0 atom stereocenters. The van der Waals surface area contributed by atoms with Gasteiger partial charge in [-0.2, -0.15) is 13.2 Å². The first-order valence-electron chi connectivity index (χ1n) is 14.3. The molecule has 5 rings (SSSR count). The number of carbonyl (C=O) groups excluding carboxylic acids is 2. The first-order valence-corrected chi connectivity index (χ1v) is 14.6. The van der Waals surface area contributed by atoms with Gasteiger partial charge in [-0.25, -0.2) is 19.7 Å². The molecule has 0 saturated carbocycles. The van der Waals surface area contributed by atoms with Gasteiger partial charge in [0.15, 0.2) is 0 Å². The summed E-state index contributed by atoms with van der Waals surface area (Å²) in [6, 6.07) is 19.6. The number of terminal acetylenes is 1. The van der Waals surface area contributed by atoms with Crippen molar-refractivity contribution in [3.8, 4) is 29.4 Å². The van der Waals surface area contributed by atoms with Crippen molar-refractivity contribution in [2.75, 3.05) is 24.8 Å². The van der Waals surface area contributed by atoms with Gasteiger partial charge in [-0.1, -0.05) is 55.6 Å². The molecule has 0 saturated heterocycles. The van der Waals surface area contributed by atoms with Crippen molar-refractivity contribution in [1.82, 2.24) is 15.0 Å². The summed E-state index contributed by atoms with van der Waals surface area (Å²) in [7, 11) is 1.27. The van der Waals surface area contributed by atoms with Gasteiger partial charge in [0.1, 0.15) is 18.1 Å². The second kappa shape index (κ2) is 15.3. The summed E-state index contributed by atoms with van der Waals surface area (Å²) < 4.78 is 46.5. The molecule has 0 aliphatic carbocycles. The minimum Gasteiger partial charge on any atom is -0.481 e. The fraction of sp³-hybridized carbons (Fsp3) is 0.171. The largest absolute Gasteiger partial charge is 0.481 e. The van der Waals surface area contributed by atoms with Gasteiger partial charge in [0, 0.05) is 16.6 Å². The Balaban J connectivity index is 0.000000365. The molecule has 2 aromatic heterocycles. The number of methoxy groups -OCH3 is 1. The minimum absolute atomic E-state index is 0.0141. The molecule has 2 heterocycles. The lowest BCUT2D eigenvalue weighted by Crippen LogP contribution is -2.17. The Labute approximate surface area is 279 Å². The average molecular weight is 676 g/mol. The molecule has 13 heteroatoms. The number of nitrogen functional groups attached to an aromatic ring is 1. The maximum absolute atomic E-state index is 13.1. The van der Waals surface area contributed by atoms with Crippen LogP contribution in [0.5, 0.6) is 5.75 Å². The van der Waals surface area contributed by atoms with Crippen molar-refractivity contribution in [3.63, 3.8) is 0 Å². The van der Waals surface area contributed by atoms with Crippen LogP contribution < -0.4 is 15.8 Å². The van der Waals surface area contributed by atoms with Gasteiger partial charge in [-0.3, -0.25) is 4.79 Å². The van der Waals surface area contributed by atoms with E-state index in [2.05, 4.69) is 44.8 Å². The highest BCUT2D eigenvalue weighted by molar-refractivity contribution is 6.31. The van der Waals surface area contributed by atoms with Crippen LogP contribution in [-0.4, -0.2) is 40.5 Å². The Hall–Kier alpha value is -5.67. The molecule has 0 radical (unpaired) electrons. The SMILES string of the molecule is C#CCOc1ccc2nc(C(=O)Nc3ccc(C(=O)OC)nc3)nc(-c3ccc(C(C)C)cc3)c2c1.Nc1ccc(Cl)c(C(F)(F)F)c1. The number of nitrogens with zero attached hydrogens (tertiary/aromatic N) is 3. The van der Waals surface area contributed by atoms with Crippen LogP contribution >= 0.6 is 11.6 Å². The molecular formula is C35H29ClF3N5O4. The van der Waals surface area contributed by atoms with Crippen LogP contribution in [0, 0.1) is 12.3 Å². The third kappa shape index (κ3) is 8.77. The van der Waals surface area contributed by atoms with Crippen LogP contribution in [0.1, 0.15) is 52.0 Å². The van der Waals surface area contributed by atoms with E-state index in [1.54, 1.807) is 18.2 Å². The Kier molecular flexibility index (Phi) is 11.2. The van der Waals surface area contributed by atoms with Crippen molar-refractivity contribution in [2.24, 2.45) is 0 Å². The second-order valence-corrected chi connectivity index (χ2v) is 10.9. The zero-order valence-corrected chi connectivity index (χ0v) is 26.7. The molecule has 0 aliphatic heterocycles. The quantitative estimate of drug-likeness (QED) is 0.102. The number of hydrogen-bond acceptors (Lipinski definition) is 8. The van der Waals surface area contributed by atoms with Crippen LogP contribution in [-0.2, 0) is 10.9 Å². The van der Waals surface area contributed by atoms with E-state index >= 15 is 0 Å². The van der Waals surface area contributed by atoms with E-state index in [1.807, 2.05) is 30.3 Å². The Morgan fingerprint density at radius 2 is 1.75 bits per heavy atom. The zero-order valence-electron chi connectivity index (χ0n) is 25.9. The number of fused-ring (bicyclic) bond motifs is 1. The molecule has 0 aliphatic rings. The van der Waals surface area contributed by atoms with Crippen LogP contribution in [0.2, 0.25) is 5.02 Å². The molecule has 48 heavy (non-hydrogen) atoms. The van der Waals surface area contributed by atoms with E-state index in [1.165, 1.54) is 31.0 Å². The van der Waals surface area contributed by atoms with Gasteiger partial charge in [-0.05, 0) is 60.0 Å². The van der Waals surface area contributed by atoms with Crippen molar-refractivity contribution >= 4 is 45.8 Å². The number of nitrogens with two attached hydrogens (primary N) is 1. The Morgan fingerprint density at radius 1 is 1.02 bits per heavy atom. The lowest BCUT2D eigenvalue weighted by atomic mass is 9.99. The highest BCUT2D eigenvalue weighted by Crippen LogP contribution is 2.35. The standard InChI is InChI=1S/C28H24N4O4.C7H5ClF3N/c1-5-14-36-21-11-13-23-22(15-21)25(19-8-6-18(7-9-19)17(2)3)32-26(31-23)27(33)30-20-10-12-24(29-16-20)28(34)35-4;8-6-2-1-4(12)3-5(6)7(9,10)11/h1,6-13,15-17H,14H2,2-4H3,(H,30,33);1-3H,12H2. The van der Waals surface area contributed by atoms with Crippen LogP contribution in [0.15, 0.2) is 79.0 Å². The maximum atomic E-state index is 13.1. The number of esters is 1. The molecular weight excluding hydrogens is 647 g/mol. The number of ether oxygens (including phenoxy) is 2. The first kappa shape index (κ1) is 35.2. The molecule has 0 fully saturated rings. The molecule has 0 bridgehead atoms. The van der Waals surface area contributed by atoms with Gasteiger partial charge in [0.2, 0.25) is 5.82 Å². The van der Waals surface area contributed by atoms with Crippen LogP contribution in [0.3, 0.4) is 0 Å². The van der Waals surface area contributed by atoms with E-state index in [0.29, 0.717) is 28.6 Å². The lowest BCUT2D eigenvalue weighted by molar-refractivity contribution is -0.137. The van der Waals surface area contributed by atoms with Gasteiger partial charge in [0.05, 0.1) is 40.8 Å². The van der Waals surface area contributed by atoms with Gasteiger partial charge in [0.25, 0.3) is 5.91 Å². The Bertz CT molecular complexity index is 1980. The van der Waals surface area contributed by atoms with E-state index in [4.69, 9.17) is 28.5 Å². The molecule has 9 nitrogen and oxygen atoms in total. The number of halogens is 4. The summed E-state index contributed by atoms with van der Waals surface area (Å²) >= 11 is 5.31. The van der Waals surface area contributed by atoms with Gasteiger partial charge in [-0.15, -0.1) is 6.42 Å². The molecule has 0 spiro atoms. The fourth-order valence-corrected chi connectivity index (χ4v) is 4.53. The van der Waals surface area contributed by atoms with E-state index in [0.717, 1.165) is 23.1 Å². The third-order valence-corrected chi connectivity index (χ3v) is 7.08. The van der Waals surface area contributed by atoms with Crippen LogP contribution in [0.25, 0.3) is 22.2 Å². The topological polar surface area (TPSA) is 129 Å². The number of hydrogen-bond donors (Lipinski definition) is 2. The second-order valence-electron chi connectivity index (χ2n) is 10.5. The number of nitrogens with one attached hydrogen (secondary N) is 1. The molecule has 3 N–H and O–H groups in total. The normalized spacial score (nSPS) is 10.9.